The van der Waals surface area contributed by atoms with Crippen molar-refractivity contribution in [2.45, 2.75) is 12.8 Å². The third-order valence-electron chi connectivity index (χ3n) is 5.55. The largest absolute Gasteiger partial charge is 0.469 e. The second-order valence-corrected chi connectivity index (χ2v) is 7.92. The Morgan fingerprint density at radius 3 is 2.34 bits per heavy atom. The first-order valence-electron chi connectivity index (χ1n) is 10.4. The number of methoxy groups -OCH3 is 1. The van der Waals surface area contributed by atoms with Crippen molar-refractivity contribution in [3.8, 4) is 22.4 Å². The van der Waals surface area contributed by atoms with E-state index in [9.17, 15) is 9.59 Å². The van der Waals surface area contributed by atoms with E-state index in [-0.39, 0.29) is 24.7 Å². The van der Waals surface area contributed by atoms with Crippen LogP contribution >= 0.6 is 11.6 Å². The Hall–Kier alpha value is -3.39. The van der Waals surface area contributed by atoms with Crippen LogP contribution in [-0.4, -0.2) is 65.2 Å². The van der Waals surface area contributed by atoms with E-state index in [4.69, 9.17) is 11.6 Å². The number of aromatic amines is 1. The quantitative estimate of drug-likeness (QED) is 0.575. The lowest BCUT2D eigenvalue weighted by molar-refractivity contribution is -0.143. The van der Waals surface area contributed by atoms with Gasteiger partial charge in [-0.3, -0.25) is 19.7 Å². The molecule has 9 heteroatoms. The Balaban J connectivity index is 1.55. The molecule has 0 atom stereocenters. The average molecular weight is 454 g/mol. The molecule has 3 heterocycles. The number of hydrogen-bond acceptors (Lipinski definition) is 6. The normalized spacial score (nSPS) is 13.8. The minimum atomic E-state index is -0.370. The van der Waals surface area contributed by atoms with Crippen molar-refractivity contribution in [2.75, 3.05) is 38.2 Å². The SMILES string of the molecule is COC(=O)CCC(=O)N1CCN(c2n[nH]c(-c3ccc(Cl)cc3)c2-c2ccncc2)CC1. The van der Waals surface area contributed by atoms with Crippen LogP contribution < -0.4 is 4.90 Å². The molecule has 1 N–H and O–H groups in total. The predicted octanol–water partition coefficient (Wildman–Crippen LogP) is 3.39. The van der Waals surface area contributed by atoms with Crippen molar-refractivity contribution >= 4 is 29.3 Å². The summed E-state index contributed by atoms with van der Waals surface area (Å²) in [7, 11) is 1.33. The number of H-pyrrole nitrogens is 1. The van der Waals surface area contributed by atoms with E-state index in [2.05, 4.69) is 24.8 Å². The van der Waals surface area contributed by atoms with Gasteiger partial charge in [0.2, 0.25) is 5.91 Å². The number of nitrogens with one attached hydrogen (secondary N) is 1. The van der Waals surface area contributed by atoms with Gasteiger partial charge in [-0.25, -0.2) is 0 Å². The van der Waals surface area contributed by atoms with E-state index < -0.39 is 0 Å². The maximum Gasteiger partial charge on any atom is 0.306 e. The third-order valence-corrected chi connectivity index (χ3v) is 5.80. The van der Waals surface area contributed by atoms with E-state index in [1.807, 2.05) is 36.4 Å². The number of hydrogen-bond donors (Lipinski definition) is 1. The number of pyridine rings is 1. The van der Waals surface area contributed by atoms with Gasteiger partial charge in [0.25, 0.3) is 0 Å². The highest BCUT2D eigenvalue weighted by atomic mass is 35.5. The number of esters is 1. The number of amides is 1. The van der Waals surface area contributed by atoms with Crippen molar-refractivity contribution < 1.29 is 14.3 Å². The van der Waals surface area contributed by atoms with Gasteiger partial charge in [-0.15, -0.1) is 0 Å². The van der Waals surface area contributed by atoms with Crippen LogP contribution in [0.15, 0.2) is 48.8 Å². The molecule has 0 aliphatic carbocycles. The number of ether oxygens (including phenoxy) is 1. The molecule has 1 aliphatic heterocycles. The molecule has 2 aromatic heterocycles. The standard InChI is InChI=1S/C23H24ClN5O3/c1-32-20(31)7-6-19(30)28-12-14-29(15-13-28)23-21(16-8-10-25-11-9-16)22(26-27-23)17-2-4-18(24)5-3-17/h2-5,8-11H,6-7,12-15H2,1H3,(H,26,27). The molecule has 0 unspecified atom stereocenters. The fourth-order valence-corrected chi connectivity index (χ4v) is 3.94. The molecule has 166 valence electrons. The van der Waals surface area contributed by atoms with Crippen molar-refractivity contribution in [1.82, 2.24) is 20.1 Å². The van der Waals surface area contributed by atoms with Gasteiger partial charge in [0.1, 0.15) is 0 Å². The first-order valence-corrected chi connectivity index (χ1v) is 10.8. The second kappa shape index (κ2) is 9.82. The molecule has 0 saturated carbocycles. The Labute approximate surface area is 191 Å². The van der Waals surface area contributed by atoms with Gasteiger partial charge in [0.05, 0.1) is 24.8 Å². The maximum absolute atomic E-state index is 12.4. The topological polar surface area (TPSA) is 91.4 Å². The number of piperazine rings is 1. The zero-order chi connectivity index (χ0) is 22.5. The van der Waals surface area contributed by atoms with Crippen LogP contribution in [0.1, 0.15) is 12.8 Å². The van der Waals surface area contributed by atoms with Crippen LogP contribution in [0.2, 0.25) is 5.02 Å². The van der Waals surface area contributed by atoms with Gasteiger partial charge in [0, 0.05) is 55.6 Å². The number of carbonyl (C=O) groups is 2. The Bertz CT molecular complexity index is 1080. The van der Waals surface area contributed by atoms with Crippen LogP contribution in [0, 0.1) is 0 Å². The first-order chi connectivity index (χ1) is 15.6. The molecule has 0 bridgehead atoms. The Kier molecular flexibility index (Phi) is 6.70. The number of nitrogens with zero attached hydrogens (tertiary/aromatic N) is 4. The zero-order valence-electron chi connectivity index (χ0n) is 17.8. The molecule has 1 aromatic carbocycles. The lowest BCUT2D eigenvalue weighted by Crippen LogP contribution is -2.49. The van der Waals surface area contributed by atoms with Gasteiger partial charge in [-0.05, 0) is 29.8 Å². The molecule has 1 fully saturated rings. The molecule has 0 spiro atoms. The predicted molar refractivity (Wildman–Crippen MR) is 122 cm³/mol. The summed E-state index contributed by atoms with van der Waals surface area (Å²) >= 11 is 6.07. The van der Waals surface area contributed by atoms with E-state index in [1.165, 1.54) is 7.11 Å². The molecule has 1 amide bonds. The maximum atomic E-state index is 12.4. The van der Waals surface area contributed by atoms with E-state index in [0.717, 1.165) is 28.2 Å². The Morgan fingerprint density at radius 2 is 1.69 bits per heavy atom. The zero-order valence-corrected chi connectivity index (χ0v) is 18.5. The van der Waals surface area contributed by atoms with Gasteiger partial charge in [-0.1, -0.05) is 23.7 Å². The monoisotopic (exact) mass is 453 g/mol. The number of benzene rings is 1. The van der Waals surface area contributed by atoms with Gasteiger partial charge in [-0.2, -0.15) is 5.10 Å². The van der Waals surface area contributed by atoms with Crippen LogP contribution in [0.3, 0.4) is 0 Å². The van der Waals surface area contributed by atoms with Crippen molar-refractivity contribution in [2.24, 2.45) is 0 Å². The van der Waals surface area contributed by atoms with Crippen molar-refractivity contribution in [3.05, 3.63) is 53.8 Å². The van der Waals surface area contributed by atoms with E-state index >= 15 is 0 Å². The molecule has 1 saturated heterocycles. The molecule has 3 aromatic rings. The summed E-state index contributed by atoms with van der Waals surface area (Å²) in [4.78, 5) is 31.9. The van der Waals surface area contributed by atoms with Crippen LogP contribution in [0.5, 0.6) is 0 Å². The van der Waals surface area contributed by atoms with E-state index in [1.54, 1.807) is 17.3 Å². The number of rotatable bonds is 6. The van der Waals surface area contributed by atoms with E-state index in [0.29, 0.717) is 31.2 Å². The fraction of sp³-hybridized carbons (Fsp3) is 0.304. The molecule has 32 heavy (non-hydrogen) atoms. The van der Waals surface area contributed by atoms with Crippen LogP contribution in [-0.2, 0) is 14.3 Å². The summed E-state index contributed by atoms with van der Waals surface area (Å²) in [5, 5.41) is 8.50. The lowest BCUT2D eigenvalue weighted by atomic mass is 10.0. The average Bonchev–Trinajstić information content (AvgIpc) is 3.28. The minimum Gasteiger partial charge on any atom is -0.469 e. The summed E-state index contributed by atoms with van der Waals surface area (Å²) in [5.41, 5.74) is 3.88. The minimum absolute atomic E-state index is 0.0340. The first kappa shape index (κ1) is 21.8. The van der Waals surface area contributed by atoms with Crippen LogP contribution in [0.25, 0.3) is 22.4 Å². The summed E-state index contributed by atoms with van der Waals surface area (Å²) < 4.78 is 4.62. The molecule has 4 rings (SSSR count). The van der Waals surface area contributed by atoms with Gasteiger partial charge >= 0.3 is 5.97 Å². The highest BCUT2D eigenvalue weighted by Crippen LogP contribution is 2.38. The van der Waals surface area contributed by atoms with Crippen molar-refractivity contribution in [3.63, 3.8) is 0 Å². The summed E-state index contributed by atoms with van der Waals surface area (Å²) in [6.07, 6.45) is 3.79. The molecular weight excluding hydrogens is 430 g/mol. The molecule has 8 nitrogen and oxygen atoms in total. The summed E-state index contributed by atoms with van der Waals surface area (Å²) in [6, 6.07) is 11.5. The fourth-order valence-electron chi connectivity index (χ4n) is 3.82. The molecular formula is C23H24ClN5O3. The van der Waals surface area contributed by atoms with Crippen LogP contribution in [0.4, 0.5) is 5.82 Å². The smallest absolute Gasteiger partial charge is 0.306 e. The van der Waals surface area contributed by atoms with Crippen molar-refractivity contribution in [1.29, 1.82) is 0 Å². The highest BCUT2D eigenvalue weighted by molar-refractivity contribution is 6.30. The number of anilines is 1. The Morgan fingerprint density at radius 1 is 1.00 bits per heavy atom. The third kappa shape index (κ3) is 4.75. The highest BCUT2D eigenvalue weighted by Gasteiger charge is 2.26. The number of carbonyl (C=O) groups excluding carboxylic acids is 2. The van der Waals surface area contributed by atoms with Gasteiger partial charge < -0.3 is 14.5 Å². The summed E-state index contributed by atoms with van der Waals surface area (Å²) in [5.74, 6) is 0.432. The lowest BCUT2D eigenvalue weighted by Gasteiger charge is -2.35. The van der Waals surface area contributed by atoms with Gasteiger partial charge in [0.15, 0.2) is 5.82 Å². The second-order valence-electron chi connectivity index (χ2n) is 7.48. The summed E-state index contributed by atoms with van der Waals surface area (Å²) in [6.45, 7) is 2.43. The molecule has 1 aliphatic rings. The molecule has 0 radical (unpaired) electrons. The number of aromatic nitrogens is 3. The number of halogens is 1.